The fourth-order valence-electron chi connectivity index (χ4n) is 2.46. The number of rotatable bonds is 3. The summed E-state index contributed by atoms with van der Waals surface area (Å²) in [5.74, 6) is -8.18. The normalized spacial score (nSPS) is 34.2. The lowest BCUT2D eigenvalue weighted by Gasteiger charge is -2.40. The lowest BCUT2D eigenvalue weighted by molar-refractivity contribution is -0.341. The maximum Gasteiger partial charge on any atom is 0.456 e. The van der Waals surface area contributed by atoms with E-state index < -0.39 is 39.7 Å². The van der Waals surface area contributed by atoms with E-state index in [9.17, 15) is 30.4 Å². The molecular weight excluding hydrogens is 295 g/mol. The van der Waals surface area contributed by atoms with Gasteiger partial charge in [0.25, 0.3) is 10.1 Å². The highest BCUT2D eigenvalue weighted by Gasteiger charge is 2.77. The summed E-state index contributed by atoms with van der Waals surface area (Å²) in [5, 5.41) is 0. The highest BCUT2D eigenvalue weighted by atomic mass is 32.2. The number of halogens is 5. The average molecular weight is 304 g/mol. The van der Waals surface area contributed by atoms with E-state index >= 15 is 0 Å². The van der Waals surface area contributed by atoms with Crippen molar-refractivity contribution in [1.82, 2.24) is 0 Å². The zero-order valence-electron chi connectivity index (χ0n) is 9.49. The van der Waals surface area contributed by atoms with Gasteiger partial charge in [-0.25, -0.2) is 0 Å². The Labute approximate surface area is 105 Å². The highest BCUT2D eigenvalue weighted by molar-refractivity contribution is 7.86. The Hall–Kier alpha value is -0.960. The van der Waals surface area contributed by atoms with Crippen LogP contribution >= 0.6 is 0 Å². The molecule has 0 radical (unpaired) electrons. The van der Waals surface area contributed by atoms with Crippen LogP contribution in [0, 0.1) is 11.8 Å². The molecule has 0 aliphatic heterocycles. The van der Waals surface area contributed by atoms with Gasteiger partial charge in [-0.15, -0.1) is 0 Å². The molecule has 0 heterocycles. The Bertz CT molecular complexity index is 516. The fourth-order valence-corrected chi connectivity index (χ4v) is 3.28. The van der Waals surface area contributed by atoms with E-state index in [4.69, 9.17) is 0 Å². The monoisotopic (exact) mass is 304 g/mol. The SMILES string of the molecule is CS(=O)(=O)OC1(C(F)(F)C(F)(F)F)C2C=CC1C=C2. The quantitative estimate of drug-likeness (QED) is 0.456. The number of hydrogen-bond donors (Lipinski definition) is 0. The molecule has 2 aliphatic rings. The van der Waals surface area contributed by atoms with E-state index in [1.165, 1.54) is 0 Å². The molecule has 2 aliphatic carbocycles. The summed E-state index contributed by atoms with van der Waals surface area (Å²) < 4.78 is 91.8. The van der Waals surface area contributed by atoms with Gasteiger partial charge in [0.1, 0.15) is 0 Å². The standard InChI is InChI=1S/C10H9F5O3S/c1-19(16,17)18-8(9(11,12)10(13,14)15)6-2-3-7(8)5-4-6/h2-7H,1H3. The molecule has 0 aromatic rings. The molecule has 0 fully saturated rings. The van der Waals surface area contributed by atoms with Crippen molar-refractivity contribution in [3.8, 4) is 0 Å². The molecule has 0 amide bonds. The molecule has 3 nitrogen and oxygen atoms in total. The fraction of sp³-hybridized carbons (Fsp3) is 0.600. The van der Waals surface area contributed by atoms with E-state index in [-0.39, 0.29) is 0 Å². The van der Waals surface area contributed by atoms with Crippen LogP contribution in [0.1, 0.15) is 0 Å². The molecule has 2 rings (SSSR count). The van der Waals surface area contributed by atoms with Crippen molar-refractivity contribution in [2.24, 2.45) is 11.8 Å². The van der Waals surface area contributed by atoms with Crippen molar-refractivity contribution >= 4 is 10.1 Å². The Kier molecular flexibility index (Phi) is 2.88. The van der Waals surface area contributed by atoms with E-state index in [2.05, 4.69) is 4.18 Å². The minimum atomic E-state index is -5.91. The van der Waals surface area contributed by atoms with Crippen molar-refractivity contribution in [2.75, 3.05) is 6.26 Å². The van der Waals surface area contributed by atoms with Gasteiger partial charge < -0.3 is 0 Å². The van der Waals surface area contributed by atoms with Crippen LogP contribution in [0.25, 0.3) is 0 Å². The molecule has 0 saturated carbocycles. The first kappa shape index (κ1) is 14.4. The van der Waals surface area contributed by atoms with Gasteiger partial charge in [-0.1, -0.05) is 24.3 Å². The highest BCUT2D eigenvalue weighted by Crippen LogP contribution is 2.59. The summed E-state index contributed by atoms with van der Waals surface area (Å²) in [7, 11) is -4.50. The molecular formula is C10H9F5O3S. The maximum atomic E-state index is 13.8. The summed E-state index contributed by atoms with van der Waals surface area (Å²) in [6.45, 7) is 0. The predicted octanol–water partition coefficient (Wildman–Crippen LogP) is 2.27. The Morgan fingerprint density at radius 2 is 1.37 bits per heavy atom. The summed E-state index contributed by atoms with van der Waals surface area (Å²) >= 11 is 0. The van der Waals surface area contributed by atoms with Gasteiger partial charge in [0, 0.05) is 11.8 Å². The van der Waals surface area contributed by atoms with Crippen LogP contribution in [0.2, 0.25) is 0 Å². The van der Waals surface area contributed by atoms with Gasteiger partial charge in [0.05, 0.1) is 6.26 Å². The molecule has 0 unspecified atom stereocenters. The number of fused-ring (bicyclic) bond motifs is 2. The molecule has 19 heavy (non-hydrogen) atoms. The second-order valence-corrected chi connectivity index (χ2v) is 6.05. The van der Waals surface area contributed by atoms with Crippen LogP contribution in [0.5, 0.6) is 0 Å². The van der Waals surface area contributed by atoms with Crippen molar-refractivity contribution in [3.05, 3.63) is 24.3 Å². The topological polar surface area (TPSA) is 43.4 Å². The van der Waals surface area contributed by atoms with Crippen LogP contribution in [0.4, 0.5) is 22.0 Å². The molecule has 0 aromatic heterocycles. The molecule has 9 heteroatoms. The second kappa shape index (κ2) is 3.78. The van der Waals surface area contributed by atoms with Gasteiger partial charge in [-0.2, -0.15) is 30.4 Å². The van der Waals surface area contributed by atoms with Gasteiger partial charge in [0.15, 0.2) is 5.60 Å². The van der Waals surface area contributed by atoms with Gasteiger partial charge >= 0.3 is 12.1 Å². The summed E-state index contributed by atoms with van der Waals surface area (Å²) in [5.41, 5.74) is -3.18. The summed E-state index contributed by atoms with van der Waals surface area (Å²) in [6, 6.07) is 0. The van der Waals surface area contributed by atoms with Crippen LogP contribution in [0.3, 0.4) is 0 Å². The van der Waals surface area contributed by atoms with Gasteiger partial charge in [-0.05, 0) is 0 Å². The third-order valence-electron chi connectivity index (χ3n) is 3.18. The molecule has 108 valence electrons. The third-order valence-corrected chi connectivity index (χ3v) is 3.76. The number of hydrogen-bond acceptors (Lipinski definition) is 3. The zero-order chi connectivity index (χ0) is 14.7. The summed E-state index contributed by atoms with van der Waals surface area (Å²) in [6.07, 6.45) is -1.10. The van der Waals surface area contributed by atoms with Crippen molar-refractivity contribution < 1.29 is 34.6 Å². The molecule has 0 atom stereocenters. The Balaban J connectivity index is 2.56. The Morgan fingerprint density at radius 1 is 1.00 bits per heavy atom. The van der Waals surface area contributed by atoms with Crippen LogP contribution in [-0.2, 0) is 14.3 Å². The van der Waals surface area contributed by atoms with Crippen LogP contribution in [-0.4, -0.2) is 32.4 Å². The van der Waals surface area contributed by atoms with E-state index in [1.807, 2.05) is 0 Å². The third kappa shape index (κ3) is 1.90. The number of alkyl halides is 5. The molecule has 2 bridgehead atoms. The van der Waals surface area contributed by atoms with E-state index in [0.29, 0.717) is 6.26 Å². The minimum Gasteiger partial charge on any atom is -0.255 e. The average Bonchev–Trinajstić information content (AvgIpc) is 2.70. The first-order chi connectivity index (χ1) is 8.42. The molecule has 0 aromatic carbocycles. The smallest absolute Gasteiger partial charge is 0.255 e. The van der Waals surface area contributed by atoms with Gasteiger partial charge in [-0.3, -0.25) is 4.18 Å². The maximum absolute atomic E-state index is 13.8. The van der Waals surface area contributed by atoms with E-state index in [1.54, 1.807) is 0 Å². The zero-order valence-corrected chi connectivity index (χ0v) is 10.3. The lowest BCUT2D eigenvalue weighted by Crippen LogP contribution is -2.62. The predicted molar refractivity (Wildman–Crippen MR) is 54.9 cm³/mol. The minimum absolute atomic E-state index is 0.443. The van der Waals surface area contributed by atoms with E-state index in [0.717, 1.165) is 24.3 Å². The Morgan fingerprint density at radius 3 is 1.63 bits per heavy atom. The molecule has 0 spiro atoms. The molecule has 0 saturated heterocycles. The van der Waals surface area contributed by atoms with Crippen LogP contribution < -0.4 is 0 Å². The van der Waals surface area contributed by atoms with Crippen molar-refractivity contribution in [3.63, 3.8) is 0 Å². The molecule has 0 N–H and O–H groups in total. The lowest BCUT2D eigenvalue weighted by atomic mass is 9.82. The van der Waals surface area contributed by atoms with Crippen molar-refractivity contribution in [1.29, 1.82) is 0 Å². The largest absolute Gasteiger partial charge is 0.456 e. The van der Waals surface area contributed by atoms with Gasteiger partial charge in [0.2, 0.25) is 0 Å². The first-order valence-electron chi connectivity index (χ1n) is 5.13. The van der Waals surface area contributed by atoms with Crippen molar-refractivity contribution in [2.45, 2.75) is 17.7 Å². The van der Waals surface area contributed by atoms with Crippen LogP contribution in [0.15, 0.2) is 24.3 Å². The summed E-state index contributed by atoms with van der Waals surface area (Å²) in [4.78, 5) is 0. The second-order valence-electron chi connectivity index (χ2n) is 4.47. The first-order valence-corrected chi connectivity index (χ1v) is 6.95.